The van der Waals surface area contributed by atoms with Crippen molar-refractivity contribution in [3.8, 4) is 0 Å². The molecule has 1 fully saturated rings. The van der Waals surface area contributed by atoms with Crippen LogP contribution < -0.4 is 5.56 Å². The van der Waals surface area contributed by atoms with E-state index in [9.17, 15) is 9.59 Å². The summed E-state index contributed by atoms with van der Waals surface area (Å²) >= 11 is 0. The van der Waals surface area contributed by atoms with Crippen molar-refractivity contribution in [2.24, 2.45) is 0 Å². The molecule has 144 valence electrons. The van der Waals surface area contributed by atoms with Gasteiger partial charge in [0.05, 0.1) is 17.5 Å². The van der Waals surface area contributed by atoms with Gasteiger partial charge in [-0.05, 0) is 45.2 Å². The van der Waals surface area contributed by atoms with Gasteiger partial charge in [0, 0.05) is 11.9 Å². The van der Waals surface area contributed by atoms with Crippen LogP contribution in [0.2, 0.25) is 0 Å². The van der Waals surface area contributed by atoms with Crippen LogP contribution in [-0.2, 0) is 0 Å². The van der Waals surface area contributed by atoms with Crippen LogP contribution in [0.1, 0.15) is 60.4 Å². The maximum atomic E-state index is 13.5. The van der Waals surface area contributed by atoms with E-state index in [0.717, 1.165) is 18.4 Å². The molecule has 28 heavy (non-hydrogen) atoms. The lowest BCUT2D eigenvalue weighted by Crippen LogP contribution is -2.34. The van der Waals surface area contributed by atoms with Crippen LogP contribution in [0.5, 0.6) is 0 Å². The predicted octanol–water partition coefficient (Wildman–Crippen LogP) is 4.26. The number of rotatable bonds is 3. The summed E-state index contributed by atoms with van der Waals surface area (Å²) in [5, 5.41) is 5.67. The smallest absolute Gasteiger partial charge is 0.275 e. The van der Waals surface area contributed by atoms with E-state index in [1.165, 1.54) is 10.2 Å². The zero-order valence-electron chi connectivity index (χ0n) is 16.6. The van der Waals surface area contributed by atoms with Gasteiger partial charge in [0.2, 0.25) is 0 Å². The summed E-state index contributed by atoms with van der Waals surface area (Å²) in [4.78, 5) is 28.2. The van der Waals surface area contributed by atoms with Crippen LogP contribution in [0, 0.1) is 6.92 Å². The van der Waals surface area contributed by atoms with Gasteiger partial charge in [-0.2, -0.15) is 5.10 Å². The molecule has 1 atom stereocenters. The first-order valence-electron chi connectivity index (χ1n) is 9.86. The molecular weight excluding hydrogens is 350 g/mol. The van der Waals surface area contributed by atoms with Gasteiger partial charge < -0.3 is 4.90 Å². The van der Waals surface area contributed by atoms with Crippen LogP contribution in [0.3, 0.4) is 0 Å². The Bertz CT molecular complexity index is 1080. The average Bonchev–Trinajstić information content (AvgIpc) is 3.18. The number of benzene rings is 2. The molecule has 2 heterocycles. The zero-order chi connectivity index (χ0) is 19.8. The van der Waals surface area contributed by atoms with Crippen LogP contribution in [0.25, 0.3) is 10.8 Å². The topological polar surface area (TPSA) is 55.2 Å². The standard InChI is InChI=1S/C23H25N3O2/c1-15(2)26-22(27)19-8-5-4-7-18(19)21(24-26)23(28)25-14-6-9-20(25)17-12-10-16(3)11-13-17/h4-5,7-8,10-13,15,20H,6,9,14H2,1-3H3. The van der Waals surface area contributed by atoms with E-state index in [4.69, 9.17) is 0 Å². The summed E-state index contributed by atoms with van der Waals surface area (Å²) in [6.45, 7) is 6.57. The highest BCUT2D eigenvalue weighted by atomic mass is 16.2. The van der Waals surface area contributed by atoms with E-state index in [1.807, 2.05) is 36.9 Å². The Morgan fingerprint density at radius 1 is 1.07 bits per heavy atom. The normalized spacial score (nSPS) is 16.9. The molecule has 1 aliphatic rings. The summed E-state index contributed by atoms with van der Waals surface area (Å²) in [6.07, 6.45) is 1.91. The number of fused-ring (bicyclic) bond motifs is 1. The van der Waals surface area contributed by atoms with E-state index < -0.39 is 0 Å². The van der Waals surface area contributed by atoms with Gasteiger partial charge in [0.25, 0.3) is 11.5 Å². The lowest BCUT2D eigenvalue weighted by atomic mass is 10.0. The average molecular weight is 375 g/mol. The molecule has 0 bridgehead atoms. The molecule has 0 N–H and O–H groups in total. The summed E-state index contributed by atoms with van der Waals surface area (Å²) in [5.74, 6) is -0.103. The highest BCUT2D eigenvalue weighted by Crippen LogP contribution is 2.33. The Balaban J connectivity index is 1.81. The van der Waals surface area contributed by atoms with Crippen molar-refractivity contribution in [1.29, 1.82) is 0 Å². The highest BCUT2D eigenvalue weighted by molar-refractivity contribution is 6.05. The Morgan fingerprint density at radius 3 is 2.43 bits per heavy atom. The first-order chi connectivity index (χ1) is 13.5. The Hall–Kier alpha value is -2.95. The number of nitrogens with zero attached hydrogens (tertiary/aromatic N) is 3. The summed E-state index contributed by atoms with van der Waals surface area (Å²) in [5.41, 5.74) is 2.57. The molecule has 0 radical (unpaired) electrons. The molecule has 1 aromatic heterocycles. The zero-order valence-corrected chi connectivity index (χ0v) is 16.6. The van der Waals surface area contributed by atoms with Crippen LogP contribution in [-0.4, -0.2) is 27.1 Å². The number of carbonyl (C=O) groups is 1. The number of aromatic nitrogens is 2. The third-order valence-electron chi connectivity index (χ3n) is 5.50. The van der Waals surface area contributed by atoms with Gasteiger partial charge in [-0.15, -0.1) is 0 Å². The summed E-state index contributed by atoms with van der Waals surface area (Å²) < 4.78 is 1.42. The first kappa shape index (κ1) is 18.4. The molecule has 0 saturated carbocycles. The largest absolute Gasteiger partial charge is 0.330 e. The van der Waals surface area contributed by atoms with Crippen LogP contribution in [0.15, 0.2) is 53.3 Å². The maximum absolute atomic E-state index is 13.5. The van der Waals surface area contributed by atoms with E-state index in [2.05, 4.69) is 36.3 Å². The quantitative estimate of drug-likeness (QED) is 0.687. The number of hydrogen-bond acceptors (Lipinski definition) is 3. The molecule has 5 nitrogen and oxygen atoms in total. The molecular formula is C23H25N3O2. The lowest BCUT2D eigenvalue weighted by Gasteiger charge is -2.26. The minimum Gasteiger partial charge on any atom is -0.330 e. The second-order valence-corrected chi connectivity index (χ2v) is 7.80. The van der Waals surface area contributed by atoms with Crippen molar-refractivity contribution in [3.63, 3.8) is 0 Å². The van der Waals surface area contributed by atoms with Gasteiger partial charge in [-0.1, -0.05) is 48.0 Å². The Kier molecular flexibility index (Phi) is 4.75. The van der Waals surface area contributed by atoms with Gasteiger partial charge in [-0.25, -0.2) is 4.68 Å². The van der Waals surface area contributed by atoms with E-state index >= 15 is 0 Å². The Morgan fingerprint density at radius 2 is 1.75 bits per heavy atom. The highest BCUT2D eigenvalue weighted by Gasteiger charge is 2.32. The molecule has 0 aliphatic carbocycles. The number of hydrogen-bond donors (Lipinski definition) is 0. The molecule has 3 aromatic rings. The van der Waals surface area contributed by atoms with Crippen molar-refractivity contribution in [2.75, 3.05) is 6.54 Å². The monoisotopic (exact) mass is 375 g/mol. The van der Waals surface area contributed by atoms with Crippen molar-refractivity contribution in [2.45, 2.75) is 45.7 Å². The first-order valence-corrected chi connectivity index (χ1v) is 9.86. The predicted molar refractivity (Wildman–Crippen MR) is 111 cm³/mol. The van der Waals surface area contributed by atoms with Crippen LogP contribution in [0.4, 0.5) is 0 Å². The number of aryl methyl sites for hydroxylation is 1. The summed E-state index contributed by atoms with van der Waals surface area (Å²) in [7, 11) is 0. The van der Waals surface area contributed by atoms with Gasteiger partial charge >= 0.3 is 0 Å². The molecule has 5 heteroatoms. The molecule has 0 spiro atoms. The fourth-order valence-corrected chi connectivity index (χ4v) is 4.00. The second kappa shape index (κ2) is 7.23. The van der Waals surface area contributed by atoms with Crippen molar-refractivity contribution in [3.05, 3.63) is 75.7 Å². The van der Waals surface area contributed by atoms with Crippen LogP contribution >= 0.6 is 0 Å². The Labute approximate surface area is 164 Å². The van der Waals surface area contributed by atoms with Crippen molar-refractivity contribution in [1.82, 2.24) is 14.7 Å². The minimum atomic E-state index is -0.154. The molecule has 1 saturated heterocycles. The van der Waals surface area contributed by atoms with E-state index in [0.29, 0.717) is 23.0 Å². The van der Waals surface area contributed by atoms with E-state index in [1.54, 1.807) is 6.07 Å². The number of carbonyl (C=O) groups excluding carboxylic acids is 1. The minimum absolute atomic E-state index is 0.0492. The van der Waals surface area contributed by atoms with Gasteiger partial charge in [0.15, 0.2) is 5.69 Å². The van der Waals surface area contributed by atoms with Crippen molar-refractivity contribution < 1.29 is 4.79 Å². The molecule has 4 rings (SSSR count). The second-order valence-electron chi connectivity index (χ2n) is 7.80. The SMILES string of the molecule is Cc1ccc(C2CCCN2C(=O)c2nn(C(C)C)c(=O)c3ccccc23)cc1. The number of likely N-dealkylation sites (tertiary alicyclic amines) is 1. The van der Waals surface area contributed by atoms with Gasteiger partial charge in [-0.3, -0.25) is 9.59 Å². The summed E-state index contributed by atoms with van der Waals surface area (Å²) in [6, 6.07) is 15.6. The fourth-order valence-electron chi connectivity index (χ4n) is 4.00. The third-order valence-corrected chi connectivity index (χ3v) is 5.50. The van der Waals surface area contributed by atoms with E-state index in [-0.39, 0.29) is 23.6 Å². The molecule has 2 aromatic carbocycles. The molecule has 1 unspecified atom stereocenters. The maximum Gasteiger partial charge on any atom is 0.275 e. The number of amides is 1. The van der Waals surface area contributed by atoms with Gasteiger partial charge in [0.1, 0.15) is 0 Å². The lowest BCUT2D eigenvalue weighted by molar-refractivity contribution is 0.0729. The molecule has 1 aliphatic heterocycles. The fraction of sp³-hybridized carbons (Fsp3) is 0.348. The van der Waals surface area contributed by atoms with Crippen molar-refractivity contribution >= 4 is 16.7 Å². The molecule has 1 amide bonds. The third kappa shape index (κ3) is 3.11.